The molecule has 114 valence electrons. The van der Waals surface area contributed by atoms with E-state index in [1.165, 1.54) is 11.3 Å². The first-order valence-corrected chi connectivity index (χ1v) is 9.17. The van der Waals surface area contributed by atoms with Gasteiger partial charge < -0.3 is 9.15 Å². The highest BCUT2D eigenvalue weighted by molar-refractivity contribution is 7.91. The highest BCUT2D eigenvalue weighted by Gasteiger charge is 2.40. The summed E-state index contributed by atoms with van der Waals surface area (Å²) in [5.41, 5.74) is -0.394. The van der Waals surface area contributed by atoms with E-state index < -0.39 is 20.7 Å². The lowest BCUT2D eigenvalue weighted by Crippen LogP contribution is -2.25. The smallest absolute Gasteiger partial charge is 0.257 e. The molecule has 0 spiro atoms. The van der Waals surface area contributed by atoms with Crippen LogP contribution in [0, 0.1) is 0 Å². The third-order valence-electron chi connectivity index (χ3n) is 3.41. The van der Waals surface area contributed by atoms with Gasteiger partial charge in [0.15, 0.2) is 9.84 Å². The van der Waals surface area contributed by atoms with E-state index in [4.69, 9.17) is 9.15 Å². The van der Waals surface area contributed by atoms with E-state index in [-0.39, 0.29) is 18.3 Å². The standard InChI is InChI=1S/C13H16N2O4S2/c1-13(2)6-9(7-18-13)21(16,17)8-11-14-15-12(19-11)10-4-3-5-20-10/h3-5,9H,6-8H2,1-2H3. The summed E-state index contributed by atoms with van der Waals surface area (Å²) in [6.45, 7) is 4.01. The van der Waals surface area contributed by atoms with Crippen LogP contribution in [0.5, 0.6) is 0 Å². The van der Waals surface area contributed by atoms with Crippen LogP contribution in [0.1, 0.15) is 26.2 Å². The van der Waals surface area contributed by atoms with Crippen molar-refractivity contribution >= 4 is 21.2 Å². The molecule has 1 aliphatic rings. The van der Waals surface area contributed by atoms with Crippen molar-refractivity contribution in [3.05, 3.63) is 23.4 Å². The van der Waals surface area contributed by atoms with Gasteiger partial charge in [-0.15, -0.1) is 21.5 Å². The van der Waals surface area contributed by atoms with Gasteiger partial charge >= 0.3 is 0 Å². The first kappa shape index (κ1) is 14.7. The Bertz CT molecular complexity index is 719. The lowest BCUT2D eigenvalue weighted by atomic mass is 10.1. The van der Waals surface area contributed by atoms with E-state index >= 15 is 0 Å². The molecule has 0 bridgehead atoms. The van der Waals surface area contributed by atoms with E-state index in [2.05, 4.69) is 10.2 Å². The Hall–Kier alpha value is -1.25. The van der Waals surface area contributed by atoms with Gasteiger partial charge in [0.05, 0.1) is 22.3 Å². The van der Waals surface area contributed by atoms with Crippen LogP contribution in [0.3, 0.4) is 0 Å². The number of rotatable bonds is 4. The first-order valence-electron chi connectivity index (χ1n) is 6.57. The van der Waals surface area contributed by atoms with Crippen LogP contribution >= 0.6 is 11.3 Å². The number of ether oxygens (including phenoxy) is 1. The van der Waals surface area contributed by atoms with Gasteiger partial charge in [0.2, 0.25) is 5.89 Å². The van der Waals surface area contributed by atoms with E-state index in [9.17, 15) is 8.42 Å². The van der Waals surface area contributed by atoms with Crippen LogP contribution in [-0.4, -0.2) is 36.1 Å². The Morgan fingerprint density at radius 2 is 2.24 bits per heavy atom. The topological polar surface area (TPSA) is 82.3 Å². The fourth-order valence-corrected chi connectivity index (χ4v) is 4.59. The maximum atomic E-state index is 12.4. The number of nitrogens with zero attached hydrogens (tertiary/aromatic N) is 2. The average Bonchev–Trinajstić information content (AvgIpc) is 3.07. The number of hydrogen-bond donors (Lipinski definition) is 0. The van der Waals surface area contributed by atoms with E-state index in [0.29, 0.717) is 12.3 Å². The number of thiophene rings is 1. The van der Waals surface area contributed by atoms with Crippen molar-refractivity contribution < 1.29 is 17.6 Å². The van der Waals surface area contributed by atoms with Gasteiger partial charge in [-0.3, -0.25) is 0 Å². The molecule has 1 atom stereocenters. The largest absolute Gasteiger partial charge is 0.419 e. The number of hydrogen-bond acceptors (Lipinski definition) is 7. The van der Waals surface area contributed by atoms with Gasteiger partial charge in [-0.25, -0.2) is 8.42 Å². The quantitative estimate of drug-likeness (QED) is 0.856. The van der Waals surface area contributed by atoms with Crippen LogP contribution in [-0.2, 0) is 20.3 Å². The Kier molecular flexibility index (Phi) is 3.62. The van der Waals surface area contributed by atoms with Crippen molar-refractivity contribution in [2.75, 3.05) is 6.61 Å². The van der Waals surface area contributed by atoms with Crippen molar-refractivity contribution in [3.63, 3.8) is 0 Å². The third-order valence-corrected chi connectivity index (χ3v) is 6.24. The SMILES string of the molecule is CC1(C)CC(S(=O)(=O)Cc2nnc(-c3cccs3)o2)CO1. The third kappa shape index (κ3) is 3.17. The summed E-state index contributed by atoms with van der Waals surface area (Å²) in [6, 6.07) is 3.72. The van der Waals surface area contributed by atoms with Crippen LogP contribution in [0.2, 0.25) is 0 Å². The minimum atomic E-state index is -3.36. The van der Waals surface area contributed by atoms with Crippen LogP contribution in [0.4, 0.5) is 0 Å². The molecule has 3 rings (SSSR count). The molecule has 3 heterocycles. The molecular formula is C13H16N2O4S2. The highest BCUT2D eigenvalue weighted by atomic mass is 32.2. The highest BCUT2D eigenvalue weighted by Crippen LogP contribution is 2.30. The summed E-state index contributed by atoms with van der Waals surface area (Å²) in [6.07, 6.45) is 0.487. The van der Waals surface area contributed by atoms with Crippen molar-refractivity contribution in [2.45, 2.75) is 36.9 Å². The number of aromatic nitrogens is 2. The summed E-state index contributed by atoms with van der Waals surface area (Å²) in [5, 5.41) is 9.12. The van der Waals surface area contributed by atoms with Gasteiger partial charge in [-0.2, -0.15) is 0 Å². The molecule has 1 saturated heterocycles. The van der Waals surface area contributed by atoms with Crippen LogP contribution in [0.15, 0.2) is 21.9 Å². The molecule has 6 nitrogen and oxygen atoms in total. The van der Waals surface area contributed by atoms with Gasteiger partial charge in [-0.1, -0.05) is 6.07 Å². The zero-order valence-corrected chi connectivity index (χ0v) is 13.4. The molecule has 1 aliphatic heterocycles. The van der Waals surface area contributed by atoms with Gasteiger partial charge in [0.1, 0.15) is 5.75 Å². The van der Waals surface area contributed by atoms with Crippen molar-refractivity contribution in [1.82, 2.24) is 10.2 Å². The van der Waals surface area contributed by atoms with Crippen LogP contribution in [0.25, 0.3) is 10.8 Å². The molecule has 0 aromatic carbocycles. The number of sulfone groups is 1. The summed E-state index contributed by atoms with van der Waals surface area (Å²) in [7, 11) is -3.36. The molecule has 0 N–H and O–H groups in total. The predicted octanol–water partition coefficient (Wildman–Crippen LogP) is 2.28. The van der Waals surface area contributed by atoms with Crippen LogP contribution < -0.4 is 0 Å². The second kappa shape index (κ2) is 5.19. The monoisotopic (exact) mass is 328 g/mol. The maximum Gasteiger partial charge on any atom is 0.257 e. The summed E-state index contributed by atoms with van der Waals surface area (Å²) in [4.78, 5) is 0.830. The first-order chi connectivity index (χ1) is 9.86. The van der Waals surface area contributed by atoms with Gasteiger partial charge in [-0.05, 0) is 31.7 Å². The summed E-state index contributed by atoms with van der Waals surface area (Å²) in [5.74, 6) is 0.247. The zero-order chi connectivity index (χ0) is 15.1. The van der Waals surface area contributed by atoms with Crippen molar-refractivity contribution in [2.24, 2.45) is 0 Å². The van der Waals surface area contributed by atoms with Gasteiger partial charge in [0.25, 0.3) is 5.89 Å². The molecule has 0 amide bonds. The minimum Gasteiger partial charge on any atom is -0.419 e. The molecule has 0 saturated carbocycles. The van der Waals surface area contributed by atoms with E-state index in [1.807, 2.05) is 31.4 Å². The normalized spacial score (nSPS) is 21.7. The average molecular weight is 328 g/mol. The van der Waals surface area contributed by atoms with Crippen molar-refractivity contribution in [3.8, 4) is 10.8 Å². The summed E-state index contributed by atoms with van der Waals surface area (Å²) >= 11 is 1.47. The fourth-order valence-electron chi connectivity index (χ4n) is 2.32. The predicted molar refractivity (Wildman–Crippen MR) is 78.7 cm³/mol. The molecule has 1 unspecified atom stereocenters. The van der Waals surface area contributed by atoms with Gasteiger partial charge in [0, 0.05) is 0 Å². The second-order valence-corrected chi connectivity index (χ2v) is 8.91. The molecule has 1 fully saturated rings. The second-order valence-electron chi connectivity index (χ2n) is 5.68. The Morgan fingerprint density at radius 3 is 2.86 bits per heavy atom. The zero-order valence-electron chi connectivity index (χ0n) is 11.8. The Balaban J connectivity index is 1.74. The van der Waals surface area contributed by atoms with E-state index in [1.54, 1.807) is 0 Å². The summed E-state index contributed by atoms with van der Waals surface area (Å²) < 4.78 is 35.7. The molecule has 0 aliphatic carbocycles. The maximum absolute atomic E-state index is 12.4. The Labute approximate surface area is 127 Å². The molecule has 2 aromatic heterocycles. The lowest BCUT2D eigenvalue weighted by molar-refractivity contribution is 0.0368. The fraction of sp³-hybridized carbons (Fsp3) is 0.538. The van der Waals surface area contributed by atoms with Crippen molar-refractivity contribution in [1.29, 1.82) is 0 Å². The Morgan fingerprint density at radius 1 is 1.43 bits per heavy atom. The molecule has 2 aromatic rings. The van der Waals surface area contributed by atoms with E-state index in [0.717, 1.165) is 4.88 Å². The molecular weight excluding hydrogens is 312 g/mol. The molecule has 21 heavy (non-hydrogen) atoms. The molecule has 0 radical (unpaired) electrons. The molecule has 8 heteroatoms. The lowest BCUT2D eigenvalue weighted by Gasteiger charge is -2.15. The minimum absolute atomic E-state index is 0.128.